The molecule has 0 saturated heterocycles. The standard InChI is InChI=1S/C32H36N4O8/c1-31(2,3)43-29(40)36(30(41)44-32(4,5)6)27-33-16-19(17-34-27)15-25(26(37)38)35-28(39)42-18-24-22-13-9-7-11-20(22)21-12-8-10-14-23(21)24/h7-14,16-17,24-25H,15,18H2,1-6H3,(H,35,39)(H,37,38)/t25-/m0/s1. The summed E-state index contributed by atoms with van der Waals surface area (Å²) in [5.74, 6) is -1.81. The van der Waals surface area contributed by atoms with Crippen LogP contribution in [0.25, 0.3) is 11.1 Å². The van der Waals surface area contributed by atoms with Crippen molar-refractivity contribution in [2.24, 2.45) is 0 Å². The predicted octanol–water partition coefficient (Wildman–Crippen LogP) is 5.69. The third-order valence-electron chi connectivity index (χ3n) is 6.42. The number of alkyl carbamates (subject to hydrolysis) is 1. The fourth-order valence-corrected chi connectivity index (χ4v) is 4.64. The molecule has 0 bridgehead atoms. The minimum atomic E-state index is -1.37. The molecule has 1 aliphatic rings. The number of anilines is 1. The fraction of sp³-hybridized carbons (Fsp3) is 0.375. The van der Waals surface area contributed by atoms with Gasteiger partial charge in [-0.1, -0.05) is 48.5 Å². The molecule has 3 amide bonds. The highest BCUT2D eigenvalue weighted by Crippen LogP contribution is 2.44. The van der Waals surface area contributed by atoms with E-state index < -0.39 is 41.5 Å². The second-order valence-electron chi connectivity index (χ2n) is 12.3. The Labute approximate surface area is 255 Å². The largest absolute Gasteiger partial charge is 0.480 e. The third kappa shape index (κ3) is 7.88. The maximum Gasteiger partial charge on any atom is 0.427 e. The van der Waals surface area contributed by atoms with Gasteiger partial charge in [0, 0.05) is 24.7 Å². The van der Waals surface area contributed by atoms with Crippen molar-refractivity contribution in [3.63, 3.8) is 0 Å². The first-order valence-electron chi connectivity index (χ1n) is 14.0. The Morgan fingerprint density at radius 1 is 0.841 bits per heavy atom. The first-order chi connectivity index (χ1) is 20.6. The molecule has 12 heteroatoms. The van der Waals surface area contributed by atoms with Gasteiger partial charge in [0.05, 0.1) is 0 Å². The molecule has 232 valence electrons. The quantitative estimate of drug-likeness (QED) is 0.321. The number of nitrogens with one attached hydrogen (secondary N) is 1. The summed E-state index contributed by atoms with van der Waals surface area (Å²) < 4.78 is 16.1. The lowest BCUT2D eigenvalue weighted by molar-refractivity contribution is -0.139. The third-order valence-corrected chi connectivity index (χ3v) is 6.42. The van der Waals surface area contributed by atoms with Crippen LogP contribution in [-0.4, -0.2) is 63.2 Å². The smallest absolute Gasteiger partial charge is 0.427 e. The lowest BCUT2D eigenvalue weighted by atomic mass is 9.98. The van der Waals surface area contributed by atoms with Crippen molar-refractivity contribution < 1.29 is 38.5 Å². The summed E-state index contributed by atoms with van der Waals surface area (Å²) in [5.41, 5.74) is 2.67. The first kappa shape index (κ1) is 31.9. The molecular formula is C32H36N4O8. The van der Waals surface area contributed by atoms with Crippen molar-refractivity contribution in [3.8, 4) is 11.1 Å². The number of amides is 3. The molecule has 1 heterocycles. The number of ether oxygens (including phenoxy) is 3. The summed E-state index contributed by atoms with van der Waals surface area (Å²) in [6, 6.07) is 14.4. The van der Waals surface area contributed by atoms with E-state index in [0.717, 1.165) is 22.3 Å². The highest BCUT2D eigenvalue weighted by atomic mass is 16.6. The van der Waals surface area contributed by atoms with Gasteiger partial charge >= 0.3 is 24.2 Å². The molecule has 2 N–H and O–H groups in total. The zero-order valence-electron chi connectivity index (χ0n) is 25.5. The van der Waals surface area contributed by atoms with E-state index in [0.29, 0.717) is 10.5 Å². The van der Waals surface area contributed by atoms with Crippen LogP contribution in [0.2, 0.25) is 0 Å². The van der Waals surface area contributed by atoms with Crippen LogP contribution in [0.1, 0.15) is 64.2 Å². The lowest BCUT2D eigenvalue weighted by Crippen LogP contribution is -2.44. The second kappa shape index (κ2) is 12.7. The van der Waals surface area contributed by atoms with E-state index in [4.69, 9.17) is 14.2 Å². The fourth-order valence-electron chi connectivity index (χ4n) is 4.64. The molecule has 1 aliphatic carbocycles. The van der Waals surface area contributed by atoms with Gasteiger partial charge in [-0.3, -0.25) is 0 Å². The minimum Gasteiger partial charge on any atom is -0.480 e. The maximum absolute atomic E-state index is 12.8. The highest BCUT2D eigenvalue weighted by molar-refractivity contribution is 6.08. The van der Waals surface area contributed by atoms with Crippen LogP contribution in [0.15, 0.2) is 60.9 Å². The van der Waals surface area contributed by atoms with E-state index >= 15 is 0 Å². The van der Waals surface area contributed by atoms with Crippen LogP contribution < -0.4 is 10.2 Å². The average Bonchev–Trinajstić information content (AvgIpc) is 3.24. The normalized spacial score (nSPS) is 13.2. The second-order valence-corrected chi connectivity index (χ2v) is 12.3. The SMILES string of the molecule is CC(C)(C)OC(=O)N(C(=O)OC(C)(C)C)c1ncc(C[C@H](NC(=O)OCC2c3ccccc3-c3ccccc32)C(=O)O)cn1. The number of benzene rings is 2. The number of rotatable bonds is 7. The van der Waals surface area contributed by atoms with E-state index in [-0.39, 0.29) is 24.9 Å². The maximum atomic E-state index is 12.8. The molecule has 0 fully saturated rings. The van der Waals surface area contributed by atoms with Gasteiger partial charge in [0.2, 0.25) is 5.95 Å². The van der Waals surface area contributed by atoms with Gasteiger partial charge in [-0.05, 0) is 69.4 Å². The summed E-state index contributed by atoms with van der Waals surface area (Å²) in [5, 5.41) is 12.2. The molecule has 1 aromatic heterocycles. The Morgan fingerprint density at radius 3 is 1.77 bits per heavy atom. The van der Waals surface area contributed by atoms with Gasteiger partial charge in [-0.15, -0.1) is 4.90 Å². The van der Waals surface area contributed by atoms with E-state index in [2.05, 4.69) is 15.3 Å². The molecule has 1 atom stereocenters. The number of aromatic nitrogens is 2. The topological polar surface area (TPSA) is 157 Å². The highest BCUT2D eigenvalue weighted by Gasteiger charge is 2.35. The molecule has 3 aromatic rings. The number of aliphatic carboxylic acids is 1. The molecule has 0 spiro atoms. The van der Waals surface area contributed by atoms with Crippen molar-refractivity contribution >= 4 is 30.2 Å². The molecule has 0 radical (unpaired) electrons. The number of hydrogen-bond donors (Lipinski definition) is 2. The number of hydrogen-bond acceptors (Lipinski definition) is 9. The Bertz CT molecular complexity index is 1470. The average molecular weight is 605 g/mol. The van der Waals surface area contributed by atoms with E-state index in [1.165, 1.54) is 12.4 Å². The van der Waals surface area contributed by atoms with E-state index in [1.807, 2.05) is 48.5 Å². The summed E-state index contributed by atoms with van der Waals surface area (Å²) in [4.78, 5) is 59.1. The van der Waals surface area contributed by atoms with Crippen molar-refractivity contribution in [3.05, 3.63) is 77.6 Å². The molecule has 0 unspecified atom stereocenters. The summed E-state index contributed by atoms with van der Waals surface area (Å²) >= 11 is 0. The number of carboxylic acids is 1. The van der Waals surface area contributed by atoms with Crippen molar-refractivity contribution in [2.75, 3.05) is 11.5 Å². The van der Waals surface area contributed by atoms with Crippen LogP contribution in [-0.2, 0) is 25.4 Å². The Hall–Kier alpha value is -5.00. The van der Waals surface area contributed by atoms with Gasteiger partial charge < -0.3 is 24.6 Å². The van der Waals surface area contributed by atoms with E-state index in [9.17, 15) is 24.3 Å². The number of imide groups is 1. The van der Waals surface area contributed by atoms with Crippen LogP contribution >= 0.6 is 0 Å². The number of carbonyl (C=O) groups excluding carboxylic acids is 3. The zero-order chi connectivity index (χ0) is 32.2. The van der Waals surface area contributed by atoms with E-state index in [1.54, 1.807) is 41.5 Å². The number of carboxylic acid groups (broad SMARTS) is 1. The monoisotopic (exact) mass is 604 g/mol. The molecule has 0 saturated carbocycles. The minimum absolute atomic E-state index is 0.0230. The molecular weight excluding hydrogens is 568 g/mol. The number of carbonyl (C=O) groups is 4. The van der Waals surface area contributed by atoms with Crippen molar-refractivity contribution in [1.82, 2.24) is 15.3 Å². The van der Waals surface area contributed by atoms with Crippen LogP contribution in [0.5, 0.6) is 0 Å². The van der Waals surface area contributed by atoms with Gasteiger partial charge in [-0.2, -0.15) is 0 Å². The Morgan fingerprint density at radius 2 is 1.32 bits per heavy atom. The summed E-state index contributed by atoms with van der Waals surface area (Å²) in [7, 11) is 0. The number of nitrogens with zero attached hydrogens (tertiary/aromatic N) is 3. The first-order valence-corrected chi connectivity index (χ1v) is 14.0. The van der Waals surface area contributed by atoms with Gasteiger partial charge in [0.1, 0.15) is 23.9 Å². The predicted molar refractivity (Wildman–Crippen MR) is 160 cm³/mol. The summed E-state index contributed by atoms with van der Waals surface area (Å²) in [6.45, 7) is 9.84. The Kier molecular flexibility index (Phi) is 9.22. The Balaban J connectivity index is 1.43. The van der Waals surface area contributed by atoms with Crippen molar-refractivity contribution in [2.45, 2.75) is 71.1 Å². The number of fused-ring (bicyclic) bond motifs is 3. The summed E-state index contributed by atoms with van der Waals surface area (Å²) in [6.07, 6.45) is -0.671. The molecule has 12 nitrogen and oxygen atoms in total. The van der Waals surface area contributed by atoms with Crippen molar-refractivity contribution in [1.29, 1.82) is 0 Å². The van der Waals surface area contributed by atoms with Gasteiger partial charge in [-0.25, -0.2) is 29.1 Å². The van der Waals surface area contributed by atoms with Crippen LogP contribution in [0, 0.1) is 0 Å². The van der Waals surface area contributed by atoms with Crippen LogP contribution in [0.3, 0.4) is 0 Å². The lowest BCUT2D eigenvalue weighted by Gasteiger charge is -2.27. The van der Waals surface area contributed by atoms with Crippen LogP contribution in [0.4, 0.5) is 20.3 Å². The van der Waals surface area contributed by atoms with Gasteiger partial charge in [0.25, 0.3) is 0 Å². The van der Waals surface area contributed by atoms with Gasteiger partial charge in [0.15, 0.2) is 0 Å². The molecule has 4 rings (SSSR count). The zero-order valence-corrected chi connectivity index (χ0v) is 25.5. The molecule has 0 aliphatic heterocycles. The molecule has 2 aromatic carbocycles. The molecule has 44 heavy (non-hydrogen) atoms.